The Hall–Kier alpha value is -1.03. The fourth-order valence-corrected chi connectivity index (χ4v) is 3.44. The third-order valence-electron chi connectivity index (χ3n) is 4.05. The highest BCUT2D eigenvalue weighted by atomic mass is 79.9. The minimum Gasteiger partial charge on any atom is -0.467 e. The first-order valence-electron chi connectivity index (χ1n) is 7.20. The van der Waals surface area contributed by atoms with Crippen molar-refractivity contribution in [1.29, 1.82) is 0 Å². The number of benzene rings is 1. The Balaban J connectivity index is 2.13. The van der Waals surface area contributed by atoms with E-state index in [2.05, 4.69) is 28.2 Å². The average molecular weight is 340 g/mol. The highest BCUT2D eigenvalue weighted by Gasteiger charge is 2.32. The van der Waals surface area contributed by atoms with Crippen molar-refractivity contribution in [3.8, 4) is 0 Å². The Morgan fingerprint density at radius 2 is 2.25 bits per heavy atom. The van der Waals surface area contributed by atoms with Crippen molar-refractivity contribution < 1.29 is 9.53 Å². The van der Waals surface area contributed by atoms with Gasteiger partial charge in [0.2, 0.25) is 0 Å². The van der Waals surface area contributed by atoms with Gasteiger partial charge in [-0.05, 0) is 42.9 Å². The van der Waals surface area contributed by atoms with Gasteiger partial charge in [-0.2, -0.15) is 0 Å². The normalized spacial score (nSPS) is 23.9. The number of anilines is 1. The van der Waals surface area contributed by atoms with Gasteiger partial charge in [-0.15, -0.1) is 0 Å². The molecule has 1 aromatic rings. The molecule has 1 aromatic carbocycles. The largest absolute Gasteiger partial charge is 0.467 e. The molecule has 0 heterocycles. The van der Waals surface area contributed by atoms with Gasteiger partial charge < -0.3 is 10.1 Å². The van der Waals surface area contributed by atoms with E-state index in [0.29, 0.717) is 11.8 Å². The van der Waals surface area contributed by atoms with Gasteiger partial charge in [0, 0.05) is 10.2 Å². The Labute approximate surface area is 129 Å². The highest BCUT2D eigenvalue weighted by Crippen LogP contribution is 2.32. The summed E-state index contributed by atoms with van der Waals surface area (Å²) in [5.74, 6) is 0.875. The first-order chi connectivity index (χ1) is 9.60. The van der Waals surface area contributed by atoms with E-state index in [-0.39, 0.29) is 12.0 Å². The van der Waals surface area contributed by atoms with Gasteiger partial charge in [0.25, 0.3) is 0 Å². The number of ether oxygens (including phenoxy) is 1. The maximum absolute atomic E-state index is 12.1. The molecule has 3 unspecified atom stereocenters. The molecule has 20 heavy (non-hydrogen) atoms. The molecule has 1 aliphatic rings. The van der Waals surface area contributed by atoms with Crippen LogP contribution in [-0.4, -0.2) is 19.1 Å². The Kier molecular flexibility index (Phi) is 5.46. The predicted molar refractivity (Wildman–Crippen MR) is 84.7 cm³/mol. The molecule has 1 aliphatic carbocycles. The van der Waals surface area contributed by atoms with Crippen molar-refractivity contribution in [2.24, 2.45) is 11.8 Å². The minimum absolute atomic E-state index is 0.163. The average Bonchev–Trinajstić information content (AvgIpc) is 2.44. The molecule has 0 aliphatic heterocycles. The maximum atomic E-state index is 12.1. The smallest absolute Gasteiger partial charge is 0.328 e. The van der Waals surface area contributed by atoms with E-state index in [1.165, 1.54) is 20.0 Å². The molecule has 4 heteroatoms. The zero-order valence-corrected chi connectivity index (χ0v) is 13.7. The molecule has 3 atom stereocenters. The third-order valence-corrected chi connectivity index (χ3v) is 4.54. The summed E-state index contributed by atoms with van der Waals surface area (Å²) in [6.45, 7) is 2.26. The Morgan fingerprint density at radius 3 is 2.90 bits per heavy atom. The fourth-order valence-electron chi connectivity index (χ4n) is 3.04. The number of carbonyl (C=O) groups excluding carboxylic acids is 1. The number of esters is 1. The van der Waals surface area contributed by atoms with E-state index >= 15 is 0 Å². The summed E-state index contributed by atoms with van der Waals surface area (Å²) >= 11 is 3.46. The lowest BCUT2D eigenvalue weighted by Gasteiger charge is -2.32. The molecule has 0 radical (unpaired) electrons. The monoisotopic (exact) mass is 339 g/mol. The van der Waals surface area contributed by atoms with Gasteiger partial charge in [-0.25, -0.2) is 4.79 Å². The zero-order chi connectivity index (χ0) is 14.5. The number of hydrogen-bond acceptors (Lipinski definition) is 3. The van der Waals surface area contributed by atoms with Crippen molar-refractivity contribution in [2.75, 3.05) is 12.4 Å². The van der Waals surface area contributed by atoms with E-state index < -0.39 is 0 Å². The summed E-state index contributed by atoms with van der Waals surface area (Å²) in [6, 6.07) is 7.65. The summed E-state index contributed by atoms with van der Waals surface area (Å²) < 4.78 is 5.99. The minimum atomic E-state index is -0.253. The molecule has 0 saturated heterocycles. The molecule has 1 fully saturated rings. The molecular formula is C16H22BrNO2. The second-order valence-corrected chi connectivity index (χ2v) is 6.60. The van der Waals surface area contributed by atoms with Crippen LogP contribution in [0, 0.1) is 11.8 Å². The maximum Gasteiger partial charge on any atom is 0.328 e. The lowest BCUT2D eigenvalue weighted by atomic mass is 9.78. The molecular weight excluding hydrogens is 318 g/mol. The van der Waals surface area contributed by atoms with Crippen molar-refractivity contribution in [2.45, 2.75) is 38.6 Å². The number of halogens is 1. The van der Waals surface area contributed by atoms with Gasteiger partial charge in [-0.1, -0.05) is 41.8 Å². The summed E-state index contributed by atoms with van der Waals surface area (Å²) in [6.07, 6.45) is 4.63. The molecule has 3 nitrogen and oxygen atoms in total. The lowest BCUT2D eigenvalue weighted by molar-refractivity contribution is -0.143. The Morgan fingerprint density at radius 1 is 1.45 bits per heavy atom. The summed E-state index contributed by atoms with van der Waals surface area (Å²) in [5.41, 5.74) is 0.952. The second-order valence-electron chi connectivity index (χ2n) is 5.69. The number of rotatable bonds is 4. The zero-order valence-electron chi connectivity index (χ0n) is 12.1. The molecule has 1 saturated carbocycles. The van der Waals surface area contributed by atoms with E-state index in [1.54, 1.807) is 0 Å². The van der Waals surface area contributed by atoms with Crippen LogP contribution in [0.1, 0.15) is 32.6 Å². The predicted octanol–water partition coefficient (Wildman–Crippen LogP) is 4.23. The topological polar surface area (TPSA) is 38.3 Å². The summed E-state index contributed by atoms with van der Waals surface area (Å²) in [5, 5.41) is 3.36. The molecule has 1 N–H and O–H groups in total. The van der Waals surface area contributed by atoms with Crippen LogP contribution in [0.3, 0.4) is 0 Å². The number of methoxy groups -OCH3 is 1. The van der Waals surface area contributed by atoms with Gasteiger partial charge in [0.1, 0.15) is 6.04 Å². The molecule has 110 valence electrons. The molecule has 0 spiro atoms. The quantitative estimate of drug-likeness (QED) is 0.834. The first-order valence-corrected chi connectivity index (χ1v) is 7.99. The van der Waals surface area contributed by atoms with Crippen LogP contribution in [0.2, 0.25) is 0 Å². The first kappa shape index (κ1) is 15.4. The van der Waals surface area contributed by atoms with Crippen molar-refractivity contribution in [1.82, 2.24) is 0 Å². The SMILES string of the molecule is COC(=O)C(Nc1cccc(Br)c1)C1CCCC(C)C1. The summed E-state index contributed by atoms with van der Waals surface area (Å²) in [4.78, 5) is 12.1. The van der Waals surface area contributed by atoms with Gasteiger partial charge >= 0.3 is 5.97 Å². The van der Waals surface area contributed by atoms with E-state index in [1.807, 2.05) is 24.3 Å². The van der Waals surface area contributed by atoms with Crippen molar-refractivity contribution in [3.63, 3.8) is 0 Å². The van der Waals surface area contributed by atoms with Crippen molar-refractivity contribution >= 4 is 27.6 Å². The lowest BCUT2D eigenvalue weighted by Crippen LogP contribution is -2.40. The standard InChI is InChI=1S/C16H22BrNO2/c1-11-5-3-6-12(9-11)15(16(19)20-2)18-14-8-4-7-13(17)10-14/h4,7-8,10-12,15,18H,3,5-6,9H2,1-2H3. The van der Waals surface area contributed by atoms with Gasteiger partial charge in [0.15, 0.2) is 0 Å². The van der Waals surface area contributed by atoms with E-state index in [0.717, 1.165) is 23.0 Å². The van der Waals surface area contributed by atoms with Crippen LogP contribution in [0.15, 0.2) is 28.7 Å². The number of hydrogen-bond donors (Lipinski definition) is 1. The third kappa shape index (κ3) is 3.98. The second kappa shape index (κ2) is 7.11. The van der Waals surface area contributed by atoms with Crippen LogP contribution in [-0.2, 0) is 9.53 Å². The summed E-state index contributed by atoms with van der Waals surface area (Å²) in [7, 11) is 1.46. The van der Waals surface area contributed by atoms with Crippen molar-refractivity contribution in [3.05, 3.63) is 28.7 Å². The number of nitrogens with one attached hydrogen (secondary N) is 1. The van der Waals surface area contributed by atoms with Gasteiger partial charge in [0.05, 0.1) is 7.11 Å². The van der Waals surface area contributed by atoms with E-state index in [9.17, 15) is 4.79 Å². The van der Waals surface area contributed by atoms with Crippen LogP contribution in [0.25, 0.3) is 0 Å². The van der Waals surface area contributed by atoms with Crippen LogP contribution < -0.4 is 5.32 Å². The number of carbonyl (C=O) groups is 1. The van der Waals surface area contributed by atoms with Crippen LogP contribution in [0.5, 0.6) is 0 Å². The molecule has 0 amide bonds. The van der Waals surface area contributed by atoms with Crippen LogP contribution >= 0.6 is 15.9 Å². The molecule has 0 bridgehead atoms. The fraction of sp³-hybridized carbons (Fsp3) is 0.562. The van der Waals surface area contributed by atoms with Crippen LogP contribution in [0.4, 0.5) is 5.69 Å². The van der Waals surface area contributed by atoms with Gasteiger partial charge in [-0.3, -0.25) is 0 Å². The molecule has 0 aromatic heterocycles. The Bertz CT molecular complexity index is 464. The van der Waals surface area contributed by atoms with E-state index in [4.69, 9.17) is 4.74 Å². The highest BCUT2D eigenvalue weighted by molar-refractivity contribution is 9.10. The molecule has 2 rings (SSSR count).